The second-order valence-electron chi connectivity index (χ2n) is 5.93. The Morgan fingerprint density at radius 3 is 2.62 bits per heavy atom. The van der Waals surface area contributed by atoms with Crippen molar-refractivity contribution < 1.29 is 5.11 Å². The average molecular weight is 379 g/mol. The van der Waals surface area contributed by atoms with Crippen LogP contribution in [-0.2, 0) is 0 Å². The summed E-state index contributed by atoms with van der Waals surface area (Å²) in [4.78, 5) is 1.22. The van der Waals surface area contributed by atoms with Gasteiger partial charge in [0, 0.05) is 32.2 Å². The van der Waals surface area contributed by atoms with E-state index in [1.807, 2.05) is 53.2 Å². The van der Waals surface area contributed by atoms with Gasteiger partial charge >= 0.3 is 0 Å². The van der Waals surface area contributed by atoms with Gasteiger partial charge in [-0.25, -0.2) is 0 Å². The van der Waals surface area contributed by atoms with Crippen molar-refractivity contribution in [3.63, 3.8) is 0 Å². The number of benzene rings is 2. The maximum Gasteiger partial charge on any atom is 0.0813 e. The van der Waals surface area contributed by atoms with Crippen LogP contribution in [0.25, 0.3) is 0 Å². The molecule has 2 aromatic carbocycles. The predicted octanol–water partition coefficient (Wildman–Crippen LogP) is 4.47. The average Bonchev–Trinajstić information content (AvgIpc) is 2.94. The summed E-state index contributed by atoms with van der Waals surface area (Å²) < 4.78 is 0. The fourth-order valence-corrected chi connectivity index (χ4v) is 4.90. The summed E-state index contributed by atoms with van der Waals surface area (Å²) in [6.07, 6.45) is 0. The molecule has 0 fully saturated rings. The van der Waals surface area contributed by atoms with Crippen LogP contribution in [0.5, 0.6) is 0 Å². The molecule has 2 aliphatic rings. The zero-order chi connectivity index (χ0) is 16.7. The Balaban J connectivity index is 1.77. The zero-order valence-corrected chi connectivity index (χ0v) is 15.2. The largest absolute Gasteiger partial charge is 0.394 e. The van der Waals surface area contributed by atoms with E-state index in [2.05, 4.69) is 6.07 Å². The molecule has 3 nitrogen and oxygen atoms in total. The molecule has 2 atom stereocenters. The third kappa shape index (κ3) is 2.82. The number of rotatable bonds is 3. The smallest absolute Gasteiger partial charge is 0.0813 e. The molecule has 0 unspecified atom stereocenters. The van der Waals surface area contributed by atoms with Gasteiger partial charge in [0.05, 0.1) is 24.9 Å². The van der Waals surface area contributed by atoms with E-state index in [1.165, 1.54) is 10.5 Å². The molecule has 0 aliphatic carbocycles. The number of halogens is 2. The molecule has 2 aromatic rings. The highest BCUT2D eigenvalue weighted by atomic mass is 35.5. The second kappa shape index (κ2) is 6.60. The molecule has 24 heavy (non-hydrogen) atoms. The highest BCUT2D eigenvalue weighted by Gasteiger charge is 2.41. The zero-order valence-electron chi connectivity index (χ0n) is 12.8. The molecule has 1 N–H and O–H groups in total. The molecule has 2 aliphatic heterocycles. The molecule has 0 radical (unpaired) electrons. The summed E-state index contributed by atoms with van der Waals surface area (Å²) >= 11 is 14.1. The lowest BCUT2D eigenvalue weighted by atomic mass is 9.88. The van der Waals surface area contributed by atoms with Crippen LogP contribution in [0.2, 0.25) is 10.0 Å². The monoisotopic (exact) mass is 378 g/mol. The molecule has 0 saturated heterocycles. The first-order chi connectivity index (χ1) is 11.7. The molecule has 0 spiro atoms. The molecular formula is C18H16Cl2N2OS. The molecular weight excluding hydrogens is 363 g/mol. The minimum atomic E-state index is 0.0726. The van der Waals surface area contributed by atoms with Crippen molar-refractivity contribution in [1.29, 1.82) is 0 Å². The number of aliphatic hydroxyl groups excluding tert-OH is 1. The number of hydrogen-bond donors (Lipinski definition) is 1. The quantitative estimate of drug-likeness (QED) is 0.855. The number of β-amino-alcohol motifs (C(OH)–C–C–N with tert-alkyl or cyclic N) is 1. The van der Waals surface area contributed by atoms with Gasteiger partial charge < -0.3 is 5.11 Å². The number of fused-ring (bicyclic) bond motifs is 3. The Labute approximate surface area is 155 Å². The van der Waals surface area contributed by atoms with Crippen molar-refractivity contribution in [3.05, 3.63) is 63.6 Å². The van der Waals surface area contributed by atoms with Crippen molar-refractivity contribution in [2.24, 2.45) is 11.0 Å². The lowest BCUT2D eigenvalue weighted by Gasteiger charge is -2.30. The van der Waals surface area contributed by atoms with Crippen LogP contribution < -0.4 is 0 Å². The van der Waals surface area contributed by atoms with Gasteiger partial charge in [-0.1, -0.05) is 35.3 Å². The van der Waals surface area contributed by atoms with Crippen molar-refractivity contribution in [1.82, 2.24) is 5.01 Å². The van der Waals surface area contributed by atoms with Gasteiger partial charge in [0.2, 0.25) is 0 Å². The fourth-order valence-electron chi connectivity index (χ4n) is 3.42. The predicted molar refractivity (Wildman–Crippen MR) is 100 cm³/mol. The standard InChI is InChI=1S/C18H16Cl2N2OS/c19-12-3-1-11(2-4-12)18-15-10-24-16-6-5-13(20)9-14(16)17(15)21-22(18)7-8-23/h1-6,9,15,18,23H,7-8,10H2/t15-,18-/m1/s1. The van der Waals surface area contributed by atoms with Crippen LogP contribution in [0.4, 0.5) is 0 Å². The molecule has 0 aromatic heterocycles. The molecule has 0 amide bonds. The van der Waals surface area contributed by atoms with Crippen LogP contribution in [0, 0.1) is 5.92 Å². The molecule has 6 heteroatoms. The lowest BCUT2D eigenvalue weighted by molar-refractivity contribution is 0.158. The fraction of sp³-hybridized carbons (Fsp3) is 0.278. The van der Waals surface area contributed by atoms with Gasteiger partial charge in [-0.3, -0.25) is 5.01 Å². The Morgan fingerprint density at radius 1 is 1.12 bits per heavy atom. The van der Waals surface area contributed by atoms with E-state index < -0.39 is 0 Å². The normalized spacial score (nSPS) is 22.1. The summed E-state index contributed by atoms with van der Waals surface area (Å²) in [6.45, 7) is 0.580. The Hall–Kier alpha value is -1.20. The van der Waals surface area contributed by atoms with Crippen LogP contribution in [-0.4, -0.2) is 34.7 Å². The van der Waals surface area contributed by atoms with Gasteiger partial charge in [-0.05, 0) is 35.9 Å². The lowest BCUT2D eigenvalue weighted by Crippen LogP contribution is -2.30. The van der Waals surface area contributed by atoms with E-state index in [4.69, 9.17) is 28.3 Å². The molecule has 0 saturated carbocycles. The topological polar surface area (TPSA) is 35.8 Å². The molecule has 4 rings (SSSR count). The van der Waals surface area contributed by atoms with Crippen molar-refractivity contribution in [3.8, 4) is 0 Å². The van der Waals surface area contributed by atoms with Crippen LogP contribution >= 0.6 is 35.0 Å². The molecule has 124 valence electrons. The Morgan fingerprint density at radius 2 is 1.88 bits per heavy atom. The first-order valence-corrected chi connectivity index (χ1v) is 9.55. The van der Waals surface area contributed by atoms with Gasteiger partial charge in [0.15, 0.2) is 0 Å². The van der Waals surface area contributed by atoms with Gasteiger partial charge in [-0.2, -0.15) is 5.10 Å². The van der Waals surface area contributed by atoms with Gasteiger partial charge in [0.25, 0.3) is 0 Å². The van der Waals surface area contributed by atoms with E-state index in [0.29, 0.717) is 6.54 Å². The van der Waals surface area contributed by atoms with E-state index in [-0.39, 0.29) is 18.6 Å². The van der Waals surface area contributed by atoms with Crippen LogP contribution in [0.1, 0.15) is 17.2 Å². The highest BCUT2D eigenvalue weighted by Crippen LogP contribution is 2.45. The number of hydrogen-bond acceptors (Lipinski definition) is 4. The first kappa shape index (κ1) is 16.3. The minimum absolute atomic E-state index is 0.0726. The first-order valence-electron chi connectivity index (χ1n) is 7.81. The number of thioether (sulfide) groups is 1. The van der Waals surface area contributed by atoms with E-state index in [0.717, 1.165) is 27.1 Å². The van der Waals surface area contributed by atoms with Gasteiger partial charge in [0.1, 0.15) is 0 Å². The summed E-state index contributed by atoms with van der Waals surface area (Å²) in [5.74, 6) is 1.23. The third-order valence-corrected chi connectivity index (χ3v) is 6.15. The van der Waals surface area contributed by atoms with Crippen molar-refractivity contribution in [2.75, 3.05) is 18.9 Å². The summed E-state index contributed by atoms with van der Waals surface area (Å²) in [5.41, 5.74) is 3.35. The number of aliphatic hydroxyl groups is 1. The van der Waals surface area contributed by atoms with Gasteiger partial charge in [-0.15, -0.1) is 11.8 Å². The highest BCUT2D eigenvalue weighted by molar-refractivity contribution is 7.99. The maximum atomic E-state index is 9.45. The number of nitrogens with zero attached hydrogens (tertiary/aromatic N) is 2. The van der Waals surface area contributed by atoms with E-state index in [9.17, 15) is 5.11 Å². The van der Waals surface area contributed by atoms with E-state index in [1.54, 1.807) is 0 Å². The Bertz CT molecular complexity index is 794. The van der Waals surface area contributed by atoms with Crippen molar-refractivity contribution in [2.45, 2.75) is 10.9 Å². The van der Waals surface area contributed by atoms with Crippen molar-refractivity contribution >= 4 is 40.7 Å². The summed E-state index contributed by atoms with van der Waals surface area (Å²) in [6, 6.07) is 14.0. The van der Waals surface area contributed by atoms with Crippen LogP contribution in [0.3, 0.4) is 0 Å². The van der Waals surface area contributed by atoms with Crippen LogP contribution in [0.15, 0.2) is 52.5 Å². The molecule has 0 bridgehead atoms. The summed E-state index contributed by atoms with van der Waals surface area (Å²) in [5, 5.41) is 17.7. The number of hydrazone groups is 1. The SMILES string of the molecule is OCCN1N=C2c3cc(Cl)ccc3SC[C@H]2[C@H]1c1ccc(Cl)cc1. The minimum Gasteiger partial charge on any atom is -0.394 e. The molecule has 2 heterocycles. The third-order valence-electron chi connectivity index (χ3n) is 4.47. The summed E-state index contributed by atoms with van der Waals surface area (Å²) in [7, 11) is 0. The maximum absolute atomic E-state index is 9.45. The second-order valence-corrected chi connectivity index (χ2v) is 7.86. The van der Waals surface area contributed by atoms with E-state index >= 15 is 0 Å². The Kier molecular flexibility index (Phi) is 4.48.